The molecule has 0 spiro atoms. The Morgan fingerprint density at radius 1 is 1.14 bits per heavy atom. The Balaban J connectivity index is 2.01. The maximum Gasteiger partial charge on any atom is 0.228 e. The molecule has 0 radical (unpaired) electrons. The van der Waals surface area contributed by atoms with Crippen molar-refractivity contribution >= 4 is 11.6 Å². The van der Waals surface area contributed by atoms with Crippen molar-refractivity contribution in [3.63, 3.8) is 0 Å². The minimum absolute atomic E-state index is 0.00751. The third-order valence-corrected chi connectivity index (χ3v) is 3.59. The molecule has 0 aliphatic rings. The molecular weight excluding hydrogens is 260 g/mol. The Bertz CT molecular complexity index is 605. The number of anilines is 1. The van der Waals surface area contributed by atoms with Crippen molar-refractivity contribution in [1.82, 2.24) is 5.32 Å². The van der Waals surface area contributed by atoms with Crippen LogP contribution in [-0.4, -0.2) is 13.0 Å². The quantitative estimate of drug-likeness (QED) is 0.882. The second-order valence-corrected chi connectivity index (χ2v) is 5.35. The molecule has 3 nitrogen and oxygen atoms in total. The molecule has 2 aromatic rings. The SMILES string of the molecule is CNC(C)c1cccc(NC(=O)Cc2ccc(C)cc2)c1. The van der Waals surface area contributed by atoms with Gasteiger partial charge in [-0.25, -0.2) is 0 Å². The van der Waals surface area contributed by atoms with Crippen LogP contribution in [0.3, 0.4) is 0 Å². The standard InChI is InChI=1S/C18H22N2O/c1-13-7-9-15(10-8-13)11-18(21)20-17-6-4-5-16(12-17)14(2)19-3/h4-10,12,14,19H,11H2,1-3H3,(H,20,21). The Morgan fingerprint density at radius 3 is 2.52 bits per heavy atom. The molecule has 0 saturated carbocycles. The van der Waals surface area contributed by atoms with Gasteiger partial charge in [0.15, 0.2) is 0 Å². The van der Waals surface area contributed by atoms with Crippen LogP contribution in [-0.2, 0) is 11.2 Å². The zero-order valence-electron chi connectivity index (χ0n) is 12.8. The summed E-state index contributed by atoms with van der Waals surface area (Å²) in [5.74, 6) is 0.00751. The average Bonchev–Trinajstić information content (AvgIpc) is 2.49. The van der Waals surface area contributed by atoms with E-state index in [0.717, 1.165) is 16.8 Å². The predicted molar refractivity (Wildman–Crippen MR) is 87.4 cm³/mol. The number of benzene rings is 2. The van der Waals surface area contributed by atoms with Crippen LogP contribution < -0.4 is 10.6 Å². The maximum atomic E-state index is 12.1. The van der Waals surface area contributed by atoms with Gasteiger partial charge in [0.25, 0.3) is 0 Å². The van der Waals surface area contributed by atoms with Crippen molar-refractivity contribution in [3.8, 4) is 0 Å². The molecule has 0 saturated heterocycles. The molecule has 2 N–H and O–H groups in total. The Morgan fingerprint density at radius 2 is 1.86 bits per heavy atom. The zero-order valence-corrected chi connectivity index (χ0v) is 12.8. The molecule has 110 valence electrons. The van der Waals surface area contributed by atoms with E-state index in [1.165, 1.54) is 5.56 Å². The van der Waals surface area contributed by atoms with Crippen molar-refractivity contribution in [1.29, 1.82) is 0 Å². The third kappa shape index (κ3) is 4.43. The molecule has 0 fully saturated rings. The molecule has 1 unspecified atom stereocenters. The molecule has 0 aliphatic carbocycles. The number of carbonyl (C=O) groups excluding carboxylic acids is 1. The Labute approximate surface area is 126 Å². The van der Waals surface area contributed by atoms with Gasteiger partial charge in [-0.05, 0) is 44.2 Å². The first-order chi connectivity index (χ1) is 10.1. The van der Waals surface area contributed by atoms with Gasteiger partial charge in [0.2, 0.25) is 5.91 Å². The highest BCUT2D eigenvalue weighted by Crippen LogP contribution is 2.17. The summed E-state index contributed by atoms with van der Waals surface area (Å²) in [7, 11) is 1.92. The molecule has 2 aromatic carbocycles. The van der Waals surface area contributed by atoms with E-state index in [9.17, 15) is 4.79 Å². The van der Waals surface area contributed by atoms with Crippen LogP contribution in [0.5, 0.6) is 0 Å². The highest BCUT2D eigenvalue weighted by atomic mass is 16.1. The third-order valence-electron chi connectivity index (χ3n) is 3.59. The fraction of sp³-hybridized carbons (Fsp3) is 0.278. The second kappa shape index (κ2) is 7.04. The van der Waals surface area contributed by atoms with Crippen molar-refractivity contribution in [2.24, 2.45) is 0 Å². The maximum absolute atomic E-state index is 12.1. The monoisotopic (exact) mass is 282 g/mol. The lowest BCUT2D eigenvalue weighted by atomic mass is 10.1. The lowest BCUT2D eigenvalue weighted by Gasteiger charge is -2.12. The van der Waals surface area contributed by atoms with E-state index in [0.29, 0.717) is 6.42 Å². The largest absolute Gasteiger partial charge is 0.326 e. The van der Waals surface area contributed by atoms with E-state index in [1.54, 1.807) is 0 Å². The molecule has 1 amide bonds. The van der Waals surface area contributed by atoms with E-state index in [4.69, 9.17) is 0 Å². The van der Waals surface area contributed by atoms with Gasteiger partial charge in [0, 0.05) is 11.7 Å². The molecule has 0 bridgehead atoms. The summed E-state index contributed by atoms with van der Waals surface area (Å²) in [4.78, 5) is 12.1. The predicted octanol–water partition coefficient (Wildman–Crippen LogP) is 3.46. The van der Waals surface area contributed by atoms with Gasteiger partial charge in [-0.3, -0.25) is 4.79 Å². The number of rotatable bonds is 5. The minimum atomic E-state index is 0.00751. The molecule has 0 aliphatic heterocycles. The number of aryl methyl sites for hydroxylation is 1. The summed E-state index contributed by atoms with van der Waals surface area (Å²) >= 11 is 0. The van der Waals surface area contributed by atoms with Crippen molar-refractivity contribution in [3.05, 3.63) is 65.2 Å². The van der Waals surface area contributed by atoms with Crippen LogP contribution in [0.4, 0.5) is 5.69 Å². The van der Waals surface area contributed by atoms with Crippen molar-refractivity contribution in [2.75, 3.05) is 12.4 Å². The van der Waals surface area contributed by atoms with Gasteiger partial charge in [-0.15, -0.1) is 0 Å². The summed E-state index contributed by atoms with van der Waals surface area (Å²) < 4.78 is 0. The van der Waals surface area contributed by atoms with Gasteiger partial charge in [-0.1, -0.05) is 42.0 Å². The highest BCUT2D eigenvalue weighted by molar-refractivity contribution is 5.92. The molecule has 21 heavy (non-hydrogen) atoms. The van der Waals surface area contributed by atoms with Gasteiger partial charge in [0.1, 0.15) is 0 Å². The zero-order chi connectivity index (χ0) is 15.2. The van der Waals surface area contributed by atoms with Crippen LogP contribution in [0.2, 0.25) is 0 Å². The summed E-state index contributed by atoms with van der Waals surface area (Å²) in [6.45, 7) is 4.13. The van der Waals surface area contributed by atoms with E-state index < -0.39 is 0 Å². The number of hydrogen-bond acceptors (Lipinski definition) is 2. The first-order valence-electron chi connectivity index (χ1n) is 7.21. The lowest BCUT2D eigenvalue weighted by Crippen LogP contribution is -2.16. The van der Waals surface area contributed by atoms with Gasteiger partial charge in [-0.2, -0.15) is 0 Å². The molecule has 0 aromatic heterocycles. The highest BCUT2D eigenvalue weighted by Gasteiger charge is 2.06. The van der Waals surface area contributed by atoms with Gasteiger partial charge >= 0.3 is 0 Å². The molecule has 3 heteroatoms. The number of hydrogen-bond donors (Lipinski definition) is 2. The fourth-order valence-corrected chi connectivity index (χ4v) is 2.15. The Kier molecular flexibility index (Phi) is 5.12. The topological polar surface area (TPSA) is 41.1 Å². The number of amides is 1. The van der Waals surface area contributed by atoms with E-state index >= 15 is 0 Å². The summed E-state index contributed by atoms with van der Waals surface area (Å²) in [5.41, 5.74) is 4.23. The first-order valence-corrected chi connectivity index (χ1v) is 7.21. The van der Waals surface area contributed by atoms with Crippen LogP contribution in [0.15, 0.2) is 48.5 Å². The molecule has 0 heterocycles. The average molecular weight is 282 g/mol. The van der Waals surface area contributed by atoms with E-state index in [2.05, 4.69) is 23.6 Å². The van der Waals surface area contributed by atoms with Crippen LogP contribution in [0.1, 0.15) is 29.7 Å². The van der Waals surface area contributed by atoms with Crippen molar-refractivity contribution < 1.29 is 4.79 Å². The normalized spacial score (nSPS) is 12.0. The summed E-state index contributed by atoms with van der Waals surface area (Å²) in [6, 6.07) is 16.2. The number of nitrogens with one attached hydrogen (secondary N) is 2. The lowest BCUT2D eigenvalue weighted by molar-refractivity contribution is -0.115. The molecule has 1 atom stereocenters. The second-order valence-electron chi connectivity index (χ2n) is 5.35. The fourth-order valence-electron chi connectivity index (χ4n) is 2.15. The van der Waals surface area contributed by atoms with Crippen molar-refractivity contribution in [2.45, 2.75) is 26.3 Å². The van der Waals surface area contributed by atoms with Gasteiger partial charge < -0.3 is 10.6 Å². The minimum Gasteiger partial charge on any atom is -0.326 e. The van der Waals surface area contributed by atoms with Crippen LogP contribution in [0.25, 0.3) is 0 Å². The number of carbonyl (C=O) groups is 1. The van der Waals surface area contributed by atoms with Crippen LogP contribution >= 0.6 is 0 Å². The molecule has 2 rings (SSSR count). The van der Waals surface area contributed by atoms with E-state index in [-0.39, 0.29) is 11.9 Å². The Hall–Kier alpha value is -2.13. The molecular formula is C18H22N2O. The summed E-state index contributed by atoms with van der Waals surface area (Å²) in [5, 5.41) is 6.15. The summed E-state index contributed by atoms with van der Waals surface area (Å²) in [6.07, 6.45) is 0.395. The van der Waals surface area contributed by atoms with Gasteiger partial charge in [0.05, 0.1) is 6.42 Å². The smallest absolute Gasteiger partial charge is 0.228 e. The first kappa shape index (κ1) is 15.3. The van der Waals surface area contributed by atoms with Crippen LogP contribution in [0, 0.1) is 6.92 Å². The van der Waals surface area contributed by atoms with E-state index in [1.807, 2.05) is 56.4 Å².